The van der Waals surface area contributed by atoms with Crippen molar-refractivity contribution in [2.45, 2.75) is 51.0 Å². The summed E-state index contributed by atoms with van der Waals surface area (Å²) in [7, 11) is 0. The number of anilines is 2. The minimum absolute atomic E-state index is 0.0646. The van der Waals surface area contributed by atoms with Crippen LogP contribution in [0.4, 0.5) is 29.2 Å². The molecule has 2 fully saturated rings. The van der Waals surface area contributed by atoms with E-state index in [4.69, 9.17) is 0 Å². The molecule has 6 nitrogen and oxygen atoms in total. The maximum atomic E-state index is 15.4. The number of likely N-dealkylation sites (tertiary alicyclic amines) is 1. The Kier molecular flexibility index (Phi) is 6.99. The predicted molar refractivity (Wildman–Crippen MR) is 131 cm³/mol. The van der Waals surface area contributed by atoms with Gasteiger partial charge in [-0.15, -0.1) is 0 Å². The largest absolute Gasteiger partial charge is 0.416 e. The van der Waals surface area contributed by atoms with Crippen molar-refractivity contribution in [2.24, 2.45) is 0 Å². The Morgan fingerprint density at radius 1 is 0.946 bits per heavy atom. The number of halogens is 4. The number of nitrogens with zero attached hydrogens (tertiary/aromatic N) is 4. The molecule has 0 bridgehead atoms. The lowest BCUT2D eigenvalue weighted by atomic mass is 10.0. The van der Waals surface area contributed by atoms with Crippen LogP contribution in [0.15, 0.2) is 54.9 Å². The second kappa shape index (κ2) is 10.4. The molecule has 3 heterocycles. The molecule has 3 aromatic rings. The number of hydrogen-bond donors (Lipinski definition) is 1. The molecule has 2 aliphatic rings. The van der Waals surface area contributed by atoms with Gasteiger partial charge in [0.1, 0.15) is 6.33 Å². The topological polar surface area (TPSA) is 61.4 Å². The van der Waals surface area contributed by atoms with Crippen LogP contribution in [0, 0.1) is 5.82 Å². The third-order valence-corrected chi connectivity index (χ3v) is 6.95. The van der Waals surface area contributed by atoms with Gasteiger partial charge in [0.25, 0.3) is 0 Å². The lowest BCUT2D eigenvalue weighted by Crippen LogP contribution is -2.25. The summed E-state index contributed by atoms with van der Waals surface area (Å²) < 4.78 is 54.3. The molecule has 1 amide bonds. The van der Waals surface area contributed by atoms with Gasteiger partial charge in [-0.3, -0.25) is 4.79 Å². The van der Waals surface area contributed by atoms with Crippen LogP contribution in [0.5, 0.6) is 0 Å². The number of benzene rings is 2. The van der Waals surface area contributed by atoms with E-state index in [1.165, 1.54) is 18.5 Å². The maximum absolute atomic E-state index is 15.4. The average Bonchev–Trinajstić information content (AvgIpc) is 3.53. The van der Waals surface area contributed by atoms with Crippen molar-refractivity contribution in [2.75, 3.05) is 23.3 Å². The number of aromatic nitrogens is 2. The van der Waals surface area contributed by atoms with Crippen LogP contribution in [-0.2, 0) is 24.1 Å². The van der Waals surface area contributed by atoms with E-state index >= 15 is 4.39 Å². The molecule has 10 heteroatoms. The van der Waals surface area contributed by atoms with Crippen LogP contribution in [0.1, 0.15) is 54.0 Å². The first kappa shape index (κ1) is 25.0. The first-order valence-electron chi connectivity index (χ1n) is 12.3. The van der Waals surface area contributed by atoms with Gasteiger partial charge in [0.15, 0.2) is 11.6 Å². The van der Waals surface area contributed by atoms with E-state index in [-0.39, 0.29) is 23.6 Å². The smallest absolute Gasteiger partial charge is 0.363 e. The fraction of sp³-hybridized carbons (Fsp3) is 0.370. The van der Waals surface area contributed by atoms with Crippen molar-refractivity contribution >= 4 is 17.5 Å². The van der Waals surface area contributed by atoms with Crippen LogP contribution >= 0.6 is 0 Å². The molecule has 37 heavy (non-hydrogen) atoms. The third kappa shape index (κ3) is 5.52. The molecule has 0 spiro atoms. The predicted octanol–water partition coefficient (Wildman–Crippen LogP) is 5.71. The van der Waals surface area contributed by atoms with Crippen molar-refractivity contribution in [3.05, 3.63) is 82.9 Å². The minimum Gasteiger partial charge on any atom is -0.363 e. The van der Waals surface area contributed by atoms with Crippen LogP contribution < -0.4 is 10.2 Å². The van der Waals surface area contributed by atoms with Crippen molar-refractivity contribution < 1.29 is 22.4 Å². The molecule has 1 atom stereocenters. The second-order valence-corrected chi connectivity index (χ2v) is 9.42. The van der Waals surface area contributed by atoms with Crippen LogP contribution in [0.25, 0.3) is 0 Å². The number of hydrogen-bond acceptors (Lipinski definition) is 5. The van der Waals surface area contributed by atoms with Crippen LogP contribution in [0.2, 0.25) is 0 Å². The number of alkyl halides is 3. The first-order valence-corrected chi connectivity index (χ1v) is 12.3. The quantitative estimate of drug-likeness (QED) is 0.410. The summed E-state index contributed by atoms with van der Waals surface area (Å²) in [6, 6.07) is 12.5. The zero-order valence-electron chi connectivity index (χ0n) is 20.1. The molecule has 2 saturated heterocycles. The Morgan fingerprint density at radius 2 is 1.68 bits per heavy atom. The highest BCUT2D eigenvalue weighted by atomic mass is 19.4. The van der Waals surface area contributed by atoms with Gasteiger partial charge >= 0.3 is 6.18 Å². The summed E-state index contributed by atoms with van der Waals surface area (Å²) in [6.07, 6.45) is -0.146. The van der Waals surface area contributed by atoms with Crippen LogP contribution in [-0.4, -0.2) is 33.9 Å². The standard InChI is InChI=1S/C27H27F4N5O/c28-24-25(32-15-18-5-7-19(8-6-18)16-35-13-2-4-23(35)37)33-17-34-26(24)36-14-1-3-22(36)20-9-11-21(12-10-20)27(29,30)31/h5-12,17,22H,1-4,13-16H2,(H,32,33,34). The third-order valence-electron chi connectivity index (χ3n) is 6.95. The van der Waals surface area contributed by atoms with Crippen molar-refractivity contribution in [1.82, 2.24) is 14.9 Å². The van der Waals surface area contributed by atoms with E-state index in [1.54, 1.807) is 4.90 Å². The monoisotopic (exact) mass is 513 g/mol. The van der Waals surface area contributed by atoms with E-state index in [0.717, 1.165) is 42.6 Å². The summed E-state index contributed by atoms with van der Waals surface area (Å²) in [5.41, 5.74) is 1.95. The molecule has 1 aromatic heterocycles. The lowest BCUT2D eigenvalue weighted by Gasteiger charge is -2.27. The summed E-state index contributed by atoms with van der Waals surface area (Å²) in [5, 5.41) is 3.03. The number of carbonyl (C=O) groups is 1. The number of nitrogens with one attached hydrogen (secondary N) is 1. The molecular formula is C27H27F4N5O. The number of rotatable bonds is 7. The Bertz CT molecular complexity index is 1250. The molecule has 2 aromatic carbocycles. The highest BCUT2D eigenvalue weighted by Crippen LogP contribution is 2.38. The van der Waals surface area contributed by atoms with Gasteiger partial charge in [0.05, 0.1) is 11.6 Å². The molecule has 0 aliphatic carbocycles. The average molecular weight is 514 g/mol. The van der Waals surface area contributed by atoms with Gasteiger partial charge in [-0.25, -0.2) is 9.97 Å². The normalized spacial score (nSPS) is 18.1. The van der Waals surface area contributed by atoms with Crippen molar-refractivity contribution in [3.8, 4) is 0 Å². The van der Waals surface area contributed by atoms with Gasteiger partial charge in [-0.05, 0) is 48.1 Å². The summed E-state index contributed by atoms with van der Waals surface area (Å²) >= 11 is 0. The summed E-state index contributed by atoms with van der Waals surface area (Å²) in [4.78, 5) is 23.7. The minimum atomic E-state index is -4.40. The molecule has 0 radical (unpaired) electrons. The fourth-order valence-electron chi connectivity index (χ4n) is 4.98. The second-order valence-electron chi connectivity index (χ2n) is 9.42. The molecular weight excluding hydrogens is 486 g/mol. The Balaban J connectivity index is 1.26. The molecule has 5 rings (SSSR count). The summed E-state index contributed by atoms with van der Waals surface area (Å²) in [6.45, 7) is 2.26. The zero-order valence-corrected chi connectivity index (χ0v) is 20.1. The van der Waals surface area contributed by atoms with Gasteiger partial charge < -0.3 is 15.1 Å². The summed E-state index contributed by atoms with van der Waals surface area (Å²) in [5.74, 6) is -0.217. The van der Waals surface area contributed by atoms with E-state index < -0.39 is 17.6 Å². The molecule has 194 valence electrons. The first-order chi connectivity index (χ1) is 17.8. The van der Waals surface area contributed by atoms with E-state index in [9.17, 15) is 18.0 Å². The van der Waals surface area contributed by atoms with Gasteiger partial charge in [-0.1, -0.05) is 36.4 Å². The Labute approximate surface area is 212 Å². The van der Waals surface area contributed by atoms with E-state index in [0.29, 0.717) is 38.0 Å². The highest BCUT2D eigenvalue weighted by molar-refractivity contribution is 5.78. The number of amides is 1. The van der Waals surface area contributed by atoms with Gasteiger partial charge in [-0.2, -0.15) is 17.6 Å². The van der Waals surface area contributed by atoms with Crippen LogP contribution in [0.3, 0.4) is 0 Å². The Morgan fingerprint density at radius 3 is 2.35 bits per heavy atom. The molecule has 0 saturated carbocycles. The van der Waals surface area contributed by atoms with Crippen molar-refractivity contribution in [1.29, 1.82) is 0 Å². The lowest BCUT2D eigenvalue weighted by molar-refractivity contribution is -0.137. The molecule has 1 N–H and O–H groups in total. The van der Waals surface area contributed by atoms with E-state index in [1.807, 2.05) is 29.2 Å². The molecule has 1 unspecified atom stereocenters. The van der Waals surface area contributed by atoms with Gasteiger partial charge in [0.2, 0.25) is 11.7 Å². The SMILES string of the molecule is O=C1CCCN1Cc1ccc(CNc2ncnc(N3CCCC3c3ccc(C(F)(F)F)cc3)c2F)cc1. The Hall–Kier alpha value is -3.69. The van der Waals surface area contributed by atoms with Gasteiger partial charge in [0, 0.05) is 32.6 Å². The van der Waals surface area contributed by atoms with Crippen molar-refractivity contribution in [3.63, 3.8) is 0 Å². The molecule has 2 aliphatic heterocycles. The maximum Gasteiger partial charge on any atom is 0.416 e. The highest BCUT2D eigenvalue weighted by Gasteiger charge is 2.33. The van der Waals surface area contributed by atoms with E-state index in [2.05, 4.69) is 15.3 Å². The zero-order chi connectivity index (χ0) is 26.0. The number of carbonyl (C=O) groups excluding carboxylic acids is 1. The fourth-order valence-corrected chi connectivity index (χ4v) is 4.98.